The van der Waals surface area contributed by atoms with Crippen molar-refractivity contribution in [2.75, 3.05) is 0 Å². The summed E-state index contributed by atoms with van der Waals surface area (Å²) in [5, 5.41) is 7.54. The summed E-state index contributed by atoms with van der Waals surface area (Å²) in [6.45, 7) is 1.97. The molecule has 0 radical (unpaired) electrons. The number of aryl methyl sites for hydroxylation is 1. The number of ketones is 1. The lowest BCUT2D eigenvalue weighted by Gasteiger charge is -1.97. The van der Waals surface area contributed by atoms with Gasteiger partial charge >= 0.3 is 0 Å². The average Bonchev–Trinajstić information content (AvgIpc) is 2.28. The maximum absolute atomic E-state index is 11.2. The number of nitrogens with one attached hydrogen (secondary N) is 1. The van der Waals surface area contributed by atoms with Crippen LogP contribution < -0.4 is 0 Å². The quantitative estimate of drug-likeness (QED) is 0.617. The summed E-state index contributed by atoms with van der Waals surface area (Å²) < 4.78 is 0. The van der Waals surface area contributed by atoms with Crippen molar-refractivity contribution in [3.05, 3.63) is 34.9 Å². The van der Waals surface area contributed by atoms with Crippen molar-refractivity contribution in [2.24, 2.45) is 0 Å². The van der Waals surface area contributed by atoms with E-state index in [1.165, 1.54) is 0 Å². The van der Waals surface area contributed by atoms with Gasteiger partial charge in [0.2, 0.25) is 0 Å². The minimum absolute atomic E-state index is 0.0787. The molecule has 2 heteroatoms. The van der Waals surface area contributed by atoms with Gasteiger partial charge in [0.25, 0.3) is 0 Å². The zero-order valence-corrected chi connectivity index (χ0v) is 6.85. The first-order valence-corrected chi connectivity index (χ1v) is 3.90. The second-order valence-corrected chi connectivity index (χ2v) is 3.13. The van der Waals surface area contributed by atoms with E-state index >= 15 is 0 Å². The molecule has 1 aliphatic carbocycles. The maximum Gasteiger partial charge on any atom is 0.169 e. The Morgan fingerprint density at radius 2 is 2.08 bits per heavy atom. The molecule has 0 fully saturated rings. The molecule has 0 aromatic heterocycles. The molecule has 0 amide bonds. The van der Waals surface area contributed by atoms with Crippen molar-refractivity contribution in [3.8, 4) is 0 Å². The van der Waals surface area contributed by atoms with E-state index in [4.69, 9.17) is 5.41 Å². The van der Waals surface area contributed by atoms with Crippen LogP contribution in [0.1, 0.15) is 27.9 Å². The number of carbonyl (C=O) groups is 1. The predicted molar refractivity (Wildman–Crippen MR) is 47.0 cm³/mol. The lowest BCUT2D eigenvalue weighted by atomic mass is 10.1. The van der Waals surface area contributed by atoms with Gasteiger partial charge in [-0.3, -0.25) is 4.79 Å². The lowest BCUT2D eigenvalue weighted by molar-refractivity contribution is 0.101. The SMILES string of the molecule is Cc1ccc2c(c1)C(=N)CC2=O. The summed E-state index contributed by atoms with van der Waals surface area (Å²) >= 11 is 0. The van der Waals surface area contributed by atoms with Crippen LogP contribution in [0.2, 0.25) is 0 Å². The molecule has 0 aliphatic heterocycles. The van der Waals surface area contributed by atoms with Crippen LogP contribution >= 0.6 is 0 Å². The third-order valence-corrected chi connectivity index (χ3v) is 2.14. The summed E-state index contributed by atoms with van der Waals surface area (Å²) in [6.07, 6.45) is 0.277. The predicted octanol–water partition coefficient (Wildman–Crippen LogP) is 1.95. The van der Waals surface area contributed by atoms with Crippen LogP contribution in [0.15, 0.2) is 18.2 Å². The van der Waals surface area contributed by atoms with Gasteiger partial charge in [-0.2, -0.15) is 0 Å². The molecule has 0 saturated carbocycles. The highest BCUT2D eigenvalue weighted by molar-refractivity contribution is 6.25. The van der Waals surface area contributed by atoms with Crippen LogP contribution in [0.3, 0.4) is 0 Å². The fraction of sp³-hybridized carbons (Fsp3) is 0.200. The van der Waals surface area contributed by atoms with Crippen LogP contribution in [-0.4, -0.2) is 11.5 Å². The van der Waals surface area contributed by atoms with E-state index in [9.17, 15) is 4.79 Å². The van der Waals surface area contributed by atoms with E-state index in [2.05, 4.69) is 0 Å². The first-order valence-electron chi connectivity index (χ1n) is 3.90. The van der Waals surface area contributed by atoms with Crippen molar-refractivity contribution in [1.82, 2.24) is 0 Å². The van der Waals surface area contributed by atoms with Crippen molar-refractivity contribution in [3.63, 3.8) is 0 Å². The van der Waals surface area contributed by atoms with Gasteiger partial charge < -0.3 is 5.41 Å². The third kappa shape index (κ3) is 0.881. The zero-order valence-electron chi connectivity index (χ0n) is 6.85. The van der Waals surface area contributed by atoms with E-state index in [1.807, 2.05) is 25.1 Å². The molecule has 1 aliphatic rings. The number of fused-ring (bicyclic) bond motifs is 1. The smallest absolute Gasteiger partial charge is 0.169 e. The minimum Gasteiger partial charge on any atom is -0.304 e. The molecule has 12 heavy (non-hydrogen) atoms. The van der Waals surface area contributed by atoms with Gasteiger partial charge in [0.1, 0.15) is 0 Å². The zero-order chi connectivity index (χ0) is 8.72. The van der Waals surface area contributed by atoms with Gasteiger partial charge in [0, 0.05) is 16.8 Å². The number of carbonyl (C=O) groups excluding carboxylic acids is 1. The normalized spacial score (nSPS) is 15.1. The molecule has 0 atom stereocenters. The van der Waals surface area contributed by atoms with Crippen LogP contribution in [-0.2, 0) is 0 Å². The molecule has 60 valence electrons. The van der Waals surface area contributed by atoms with Crippen LogP contribution in [0.25, 0.3) is 0 Å². The lowest BCUT2D eigenvalue weighted by Crippen LogP contribution is -1.91. The molecule has 1 N–H and O–H groups in total. The van der Waals surface area contributed by atoms with Crippen LogP contribution in [0.4, 0.5) is 0 Å². The van der Waals surface area contributed by atoms with Gasteiger partial charge in [-0.05, 0) is 13.0 Å². The highest BCUT2D eigenvalue weighted by atomic mass is 16.1. The molecule has 1 aromatic rings. The first kappa shape index (κ1) is 7.22. The Morgan fingerprint density at radius 3 is 2.83 bits per heavy atom. The Kier molecular flexibility index (Phi) is 1.37. The highest BCUT2D eigenvalue weighted by Crippen LogP contribution is 2.22. The van der Waals surface area contributed by atoms with Crippen molar-refractivity contribution in [2.45, 2.75) is 13.3 Å². The molecule has 2 rings (SSSR count). The van der Waals surface area contributed by atoms with Crippen LogP contribution in [0, 0.1) is 12.3 Å². The Bertz CT molecular complexity index is 379. The van der Waals surface area contributed by atoms with Crippen molar-refractivity contribution in [1.29, 1.82) is 5.41 Å². The number of hydrogen-bond acceptors (Lipinski definition) is 2. The Morgan fingerprint density at radius 1 is 1.33 bits per heavy atom. The average molecular weight is 159 g/mol. The Hall–Kier alpha value is -1.44. The molecule has 0 spiro atoms. The molecule has 0 saturated heterocycles. The second-order valence-electron chi connectivity index (χ2n) is 3.13. The first-order chi connectivity index (χ1) is 5.68. The second kappa shape index (κ2) is 2.27. The molecule has 0 unspecified atom stereocenters. The number of benzene rings is 1. The number of hydrogen-bond donors (Lipinski definition) is 1. The van der Waals surface area contributed by atoms with E-state index < -0.39 is 0 Å². The minimum atomic E-state index is 0.0787. The standard InChI is InChI=1S/C10H9NO/c1-6-2-3-7-8(4-6)9(11)5-10(7)12/h2-4,11H,5H2,1H3. The van der Waals surface area contributed by atoms with Gasteiger partial charge in [0.15, 0.2) is 5.78 Å². The van der Waals surface area contributed by atoms with Gasteiger partial charge in [0.05, 0.1) is 6.42 Å². The number of Topliss-reactive ketones (excluding diaryl/α,β-unsaturated/α-hetero) is 1. The van der Waals surface area contributed by atoms with Gasteiger partial charge in [-0.15, -0.1) is 0 Å². The van der Waals surface area contributed by atoms with Crippen molar-refractivity contribution >= 4 is 11.5 Å². The topological polar surface area (TPSA) is 40.9 Å². The molecular weight excluding hydrogens is 150 g/mol. The molecule has 1 aromatic carbocycles. The Balaban J connectivity index is 2.68. The Labute approximate surface area is 70.7 Å². The van der Waals surface area contributed by atoms with E-state index in [1.54, 1.807) is 0 Å². The monoisotopic (exact) mass is 159 g/mol. The molecular formula is C10H9NO. The molecule has 0 bridgehead atoms. The summed E-state index contributed by atoms with van der Waals surface area (Å²) in [5.74, 6) is 0.0787. The third-order valence-electron chi connectivity index (χ3n) is 2.14. The fourth-order valence-electron chi connectivity index (χ4n) is 1.50. The molecule has 2 nitrogen and oxygen atoms in total. The highest BCUT2D eigenvalue weighted by Gasteiger charge is 2.23. The number of rotatable bonds is 0. The fourth-order valence-corrected chi connectivity index (χ4v) is 1.50. The summed E-state index contributed by atoms with van der Waals surface area (Å²) in [4.78, 5) is 11.2. The summed E-state index contributed by atoms with van der Waals surface area (Å²) in [6, 6.07) is 5.63. The van der Waals surface area contributed by atoms with E-state index in [0.717, 1.165) is 11.1 Å². The van der Waals surface area contributed by atoms with E-state index in [-0.39, 0.29) is 12.2 Å². The van der Waals surface area contributed by atoms with E-state index in [0.29, 0.717) is 11.3 Å². The maximum atomic E-state index is 11.2. The molecule has 0 heterocycles. The summed E-state index contributed by atoms with van der Waals surface area (Å²) in [5.41, 5.74) is 3.09. The van der Waals surface area contributed by atoms with Gasteiger partial charge in [-0.25, -0.2) is 0 Å². The van der Waals surface area contributed by atoms with Crippen molar-refractivity contribution < 1.29 is 4.79 Å². The largest absolute Gasteiger partial charge is 0.304 e. The van der Waals surface area contributed by atoms with Crippen LogP contribution in [0.5, 0.6) is 0 Å². The summed E-state index contributed by atoms with van der Waals surface area (Å²) in [7, 11) is 0. The van der Waals surface area contributed by atoms with Gasteiger partial charge in [-0.1, -0.05) is 17.7 Å².